The minimum Gasteiger partial charge on any atom is -0.465 e. The lowest BCUT2D eigenvalue weighted by Crippen LogP contribution is -2.73. The van der Waals surface area contributed by atoms with Crippen LogP contribution in [0.4, 0.5) is 57.1 Å². The molecule has 0 saturated heterocycles. The molecular weight excluding hydrogens is 545 g/mol. The normalized spacial score (nSPS) is 15.9. The lowest BCUT2D eigenvalue weighted by atomic mass is 9.88. The third kappa shape index (κ3) is 6.08. The van der Waals surface area contributed by atoms with E-state index in [1.807, 2.05) is 0 Å². The van der Waals surface area contributed by atoms with Crippen molar-refractivity contribution in [3.05, 3.63) is 35.9 Å². The van der Waals surface area contributed by atoms with Crippen molar-refractivity contribution < 1.29 is 66.6 Å². The van der Waals surface area contributed by atoms with Gasteiger partial charge in [0.05, 0.1) is 12.6 Å². The Morgan fingerprint density at radius 2 is 1.27 bits per heavy atom. The fourth-order valence-corrected chi connectivity index (χ4v) is 3.20. The first-order valence-corrected chi connectivity index (χ1v) is 10.6. The molecule has 0 fully saturated rings. The number of rotatable bonds is 13. The topological polar surface area (TPSA) is 38.3 Å². The second kappa shape index (κ2) is 11.2. The maximum atomic E-state index is 14.8. The van der Waals surface area contributed by atoms with Crippen molar-refractivity contribution in [2.75, 3.05) is 6.61 Å². The van der Waals surface area contributed by atoms with Gasteiger partial charge in [-0.25, -0.2) is 0 Å². The van der Waals surface area contributed by atoms with Gasteiger partial charge in [0.15, 0.2) is 0 Å². The predicted octanol–water partition coefficient (Wildman–Crippen LogP) is 6.66. The van der Waals surface area contributed by atoms with Crippen LogP contribution in [0.25, 0.3) is 0 Å². The van der Waals surface area contributed by atoms with E-state index in [0.29, 0.717) is 0 Å². The molecule has 0 aliphatic heterocycles. The minimum absolute atomic E-state index is 0.222. The Hall–Kier alpha value is -2.26. The van der Waals surface area contributed by atoms with Gasteiger partial charge in [-0.2, -0.15) is 57.1 Å². The molecule has 1 aromatic rings. The van der Waals surface area contributed by atoms with Crippen LogP contribution in [0, 0.1) is 0 Å². The number of alkyl halides is 13. The third-order valence-corrected chi connectivity index (χ3v) is 5.23. The number of halogens is 13. The molecule has 0 heterocycles. The zero-order valence-electron chi connectivity index (χ0n) is 19.1. The number of benzene rings is 1. The van der Waals surface area contributed by atoms with Crippen LogP contribution in [-0.4, -0.2) is 60.4 Å². The molecule has 1 aromatic carbocycles. The number of carbonyl (C=O) groups excluding carboxylic acids is 1. The smallest absolute Gasteiger partial charge is 0.460 e. The van der Waals surface area contributed by atoms with Crippen molar-refractivity contribution in [3.63, 3.8) is 0 Å². The van der Waals surface area contributed by atoms with Crippen molar-refractivity contribution >= 4 is 5.97 Å². The second-order valence-corrected chi connectivity index (χ2v) is 7.92. The van der Waals surface area contributed by atoms with Gasteiger partial charge in [-0.15, -0.1) is 0 Å². The lowest BCUT2D eigenvalue weighted by molar-refractivity contribution is -0.441. The third-order valence-electron chi connectivity index (χ3n) is 5.23. The van der Waals surface area contributed by atoms with Gasteiger partial charge < -0.3 is 4.74 Å². The van der Waals surface area contributed by atoms with E-state index in [2.05, 4.69) is 4.74 Å². The molecule has 0 bridgehead atoms. The first-order chi connectivity index (χ1) is 16.6. The molecule has 0 spiro atoms. The van der Waals surface area contributed by atoms with E-state index in [1.54, 1.807) is 5.32 Å². The highest BCUT2D eigenvalue weighted by atomic mass is 19.4. The Morgan fingerprint density at radius 3 is 1.70 bits per heavy atom. The number of nitrogens with one attached hydrogen (secondary N) is 1. The summed E-state index contributed by atoms with van der Waals surface area (Å²) in [7, 11) is 0. The molecule has 214 valence electrons. The molecule has 16 heteroatoms. The Bertz CT molecular complexity index is 888. The molecule has 0 unspecified atom stereocenters. The van der Waals surface area contributed by atoms with E-state index in [4.69, 9.17) is 0 Å². The molecule has 0 aliphatic rings. The number of hydrogen-bond acceptors (Lipinski definition) is 3. The van der Waals surface area contributed by atoms with E-state index in [1.165, 1.54) is 37.3 Å². The van der Waals surface area contributed by atoms with E-state index in [-0.39, 0.29) is 12.2 Å². The summed E-state index contributed by atoms with van der Waals surface area (Å²) in [5.41, 5.74) is 0.222. The summed E-state index contributed by atoms with van der Waals surface area (Å²) in [6.45, 7) is 1.98. The van der Waals surface area contributed by atoms with Crippen LogP contribution in [0.1, 0.15) is 32.3 Å². The summed E-state index contributed by atoms with van der Waals surface area (Å²) in [6.07, 6.45) is -9.78. The summed E-state index contributed by atoms with van der Waals surface area (Å²) in [5.74, 6) is -38.9. The van der Waals surface area contributed by atoms with Gasteiger partial charge in [-0.1, -0.05) is 43.7 Å². The fraction of sp³-hybridized carbons (Fsp3) is 0.667. The SMILES string of the molecule is CCC[C@@H](N[C@@H](Cc1ccccc1)C(=O)OCC)C(F)(F)C(F)(F)C(F)(F)C(F)(F)C(F)(F)C(F)(F)F. The lowest BCUT2D eigenvalue weighted by Gasteiger charge is -2.42. The van der Waals surface area contributed by atoms with Crippen molar-refractivity contribution in [1.82, 2.24) is 5.32 Å². The average molecular weight is 567 g/mol. The van der Waals surface area contributed by atoms with Crippen LogP contribution < -0.4 is 5.32 Å². The average Bonchev–Trinajstić information content (AvgIpc) is 2.77. The first kappa shape index (κ1) is 32.8. The molecule has 0 aromatic heterocycles. The maximum absolute atomic E-state index is 14.8. The quantitative estimate of drug-likeness (QED) is 0.214. The van der Waals surface area contributed by atoms with Crippen molar-refractivity contribution in [2.45, 2.75) is 81.0 Å². The van der Waals surface area contributed by atoms with Crippen molar-refractivity contribution in [3.8, 4) is 0 Å². The molecule has 3 nitrogen and oxygen atoms in total. The van der Waals surface area contributed by atoms with Crippen LogP contribution in [0.15, 0.2) is 30.3 Å². The van der Waals surface area contributed by atoms with Gasteiger partial charge in [0, 0.05) is 0 Å². The Balaban J connectivity index is 3.53. The van der Waals surface area contributed by atoms with Crippen LogP contribution in [-0.2, 0) is 16.0 Å². The Kier molecular flexibility index (Phi) is 9.95. The zero-order valence-corrected chi connectivity index (χ0v) is 19.1. The second-order valence-electron chi connectivity index (χ2n) is 7.92. The van der Waals surface area contributed by atoms with E-state index < -0.39 is 73.1 Å². The summed E-state index contributed by atoms with van der Waals surface area (Å²) in [5, 5.41) is 1.63. The van der Waals surface area contributed by atoms with Gasteiger partial charge in [-0.05, 0) is 25.3 Å². The van der Waals surface area contributed by atoms with Crippen LogP contribution in [0.2, 0.25) is 0 Å². The van der Waals surface area contributed by atoms with Gasteiger partial charge in [-0.3, -0.25) is 10.1 Å². The van der Waals surface area contributed by atoms with Gasteiger partial charge in [0.25, 0.3) is 0 Å². The van der Waals surface area contributed by atoms with E-state index >= 15 is 0 Å². The number of hydrogen-bond donors (Lipinski definition) is 1. The standard InChI is InChI=1S/C21H22F13NO2/c1-3-8-14(35-13(15(36)37-4-2)11-12-9-6-5-7-10-12)16(22,23)17(24,25)18(26,27)19(28,29)20(30,31)21(32,33)34/h5-7,9-10,13-14,35H,3-4,8,11H2,1-2H3/t13-,14+/m0/s1. The minimum atomic E-state index is -7.99. The van der Waals surface area contributed by atoms with Gasteiger partial charge >= 0.3 is 41.8 Å². The van der Waals surface area contributed by atoms with Gasteiger partial charge in [0.2, 0.25) is 0 Å². The molecule has 2 atom stereocenters. The number of carbonyl (C=O) groups is 1. The van der Waals surface area contributed by atoms with Crippen LogP contribution >= 0.6 is 0 Å². The highest BCUT2D eigenvalue weighted by molar-refractivity contribution is 5.76. The Morgan fingerprint density at radius 1 is 0.784 bits per heavy atom. The monoisotopic (exact) mass is 567 g/mol. The van der Waals surface area contributed by atoms with Crippen molar-refractivity contribution in [1.29, 1.82) is 0 Å². The van der Waals surface area contributed by atoms with E-state index in [9.17, 15) is 61.9 Å². The summed E-state index contributed by atoms with van der Waals surface area (Å²) in [6, 6.07) is 1.83. The highest BCUT2D eigenvalue weighted by Gasteiger charge is 2.91. The zero-order chi connectivity index (χ0) is 29.1. The predicted molar refractivity (Wildman–Crippen MR) is 103 cm³/mol. The van der Waals surface area contributed by atoms with Crippen molar-refractivity contribution in [2.24, 2.45) is 0 Å². The molecule has 1 rings (SSSR count). The molecule has 0 amide bonds. The van der Waals surface area contributed by atoms with Crippen LogP contribution in [0.5, 0.6) is 0 Å². The largest absolute Gasteiger partial charge is 0.465 e. The summed E-state index contributed by atoms with van der Waals surface area (Å²) >= 11 is 0. The molecule has 0 radical (unpaired) electrons. The highest BCUT2D eigenvalue weighted by Crippen LogP contribution is 2.60. The molecular formula is C21H22F13NO2. The van der Waals surface area contributed by atoms with Crippen LogP contribution in [0.3, 0.4) is 0 Å². The van der Waals surface area contributed by atoms with Gasteiger partial charge in [0.1, 0.15) is 6.04 Å². The number of esters is 1. The molecule has 37 heavy (non-hydrogen) atoms. The van der Waals surface area contributed by atoms with E-state index in [0.717, 1.165) is 6.92 Å². The summed E-state index contributed by atoms with van der Waals surface area (Å²) < 4.78 is 181. The molecule has 1 N–H and O–H groups in total. The number of ether oxygens (including phenoxy) is 1. The summed E-state index contributed by atoms with van der Waals surface area (Å²) in [4.78, 5) is 12.3. The molecule has 0 aliphatic carbocycles. The Labute approximate surface area is 202 Å². The fourth-order valence-electron chi connectivity index (χ4n) is 3.20. The first-order valence-electron chi connectivity index (χ1n) is 10.6. The molecule has 0 saturated carbocycles. The maximum Gasteiger partial charge on any atom is 0.460 e.